The maximum atomic E-state index is 11.2. The first kappa shape index (κ1) is 19.9. The van der Waals surface area contributed by atoms with Gasteiger partial charge in [0.2, 0.25) is 0 Å². The fourth-order valence-electron chi connectivity index (χ4n) is 2.47. The number of hydrogen-bond donors (Lipinski definition) is 2. The average Bonchev–Trinajstić information content (AvgIpc) is 2.46. The smallest absolute Gasteiger partial charge is 0.345 e. The molecule has 0 saturated heterocycles. The van der Waals surface area contributed by atoms with Crippen LogP contribution in [0, 0.1) is 5.92 Å². The molecule has 21 heavy (non-hydrogen) atoms. The molecule has 0 aliphatic rings. The Bertz CT molecular complexity index is 278. The number of unbranched alkanes of at least 4 members (excludes halogenated alkanes) is 9. The molecule has 0 aromatic carbocycles. The number of rotatable bonds is 14. The van der Waals surface area contributed by atoms with Gasteiger partial charge in [-0.05, 0) is 6.42 Å². The molecule has 0 aromatic heterocycles. The normalized spacial score (nSPS) is 12.1. The van der Waals surface area contributed by atoms with Crippen LogP contribution >= 0.6 is 0 Å². The molecule has 2 N–H and O–H groups in total. The van der Waals surface area contributed by atoms with E-state index in [1.807, 2.05) is 0 Å². The van der Waals surface area contributed by atoms with Crippen LogP contribution < -0.4 is 0 Å². The van der Waals surface area contributed by atoms with Crippen molar-refractivity contribution < 1.29 is 24.8 Å². The van der Waals surface area contributed by atoms with Gasteiger partial charge in [-0.25, -0.2) is 4.79 Å². The summed E-state index contributed by atoms with van der Waals surface area (Å²) in [4.78, 5) is 25.5. The lowest BCUT2D eigenvalue weighted by Gasteiger charge is -2.10. The maximum Gasteiger partial charge on any atom is 0.345 e. The third-order valence-electron chi connectivity index (χ3n) is 3.75. The molecule has 0 spiro atoms. The van der Waals surface area contributed by atoms with Gasteiger partial charge in [-0.15, -0.1) is 0 Å². The summed E-state index contributed by atoms with van der Waals surface area (Å²) in [5.41, 5.74) is 0. The van der Waals surface area contributed by atoms with E-state index in [9.17, 15) is 9.59 Å². The number of carboxylic acid groups (broad SMARTS) is 1. The average molecular weight is 302 g/mol. The molecule has 124 valence electrons. The van der Waals surface area contributed by atoms with Crippen LogP contribution in [-0.2, 0) is 14.5 Å². The van der Waals surface area contributed by atoms with Crippen LogP contribution in [-0.4, -0.2) is 22.3 Å². The van der Waals surface area contributed by atoms with Crippen LogP contribution in [0.1, 0.15) is 84.0 Å². The molecule has 5 nitrogen and oxygen atoms in total. The van der Waals surface area contributed by atoms with E-state index in [-0.39, 0.29) is 6.42 Å². The van der Waals surface area contributed by atoms with Crippen LogP contribution in [0.3, 0.4) is 0 Å². The van der Waals surface area contributed by atoms with Crippen molar-refractivity contribution in [2.75, 3.05) is 0 Å². The Morgan fingerprint density at radius 1 is 0.905 bits per heavy atom. The van der Waals surface area contributed by atoms with Crippen molar-refractivity contribution in [1.29, 1.82) is 0 Å². The van der Waals surface area contributed by atoms with E-state index in [4.69, 9.17) is 10.4 Å². The van der Waals surface area contributed by atoms with Crippen molar-refractivity contribution in [3.63, 3.8) is 0 Å². The number of carboxylic acids is 1. The largest absolute Gasteiger partial charge is 0.481 e. The Balaban J connectivity index is 3.53. The summed E-state index contributed by atoms with van der Waals surface area (Å²) in [6.07, 6.45) is 12.1. The van der Waals surface area contributed by atoms with Crippen LogP contribution in [0.15, 0.2) is 0 Å². The van der Waals surface area contributed by atoms with Crippen LogP contribution in [0.25, 0.3) is 0 Å². The number of aliphatic carboxylic acids is 1. The van der Waals surface area contributed by atoms with Crippen molar-refractivity contribution in [2.45, 2.75) is 84.0 Å². The molecule has 0 rings (SSSR count). The van der Waals surface area contributed by atoms with E-state index in [1.165, 1.54) is 44.9 Å². The first-order chi connectivity index (χ1) is 10.1. The maximum absolute atomic E-state index is 11.2. The van der Waals surface area contributed by atoms with Gasteiger partial charge in [0.05, 0.1) is 12.3 Å². The summed E-state index contributed by atoms with van der Waals surface area (Å²) < 4.78 is 0. The zero-order valence-electron chi connectivity index (χ0n) is 13.2. The van der Waals surface area contributed by atoms with Gasteiger partial charge in [-0.3, -0.25) is 4.79 Å². The number of hydrogen-bond acceptors (Lipinski definition) is 4. The molecule has 0 aromatic rings. The van der Waals surface area contributed by atoms with E-state index in [0.29, 0.717) is 6.42 Å². The van der Waals surface area contributed by atoms with Crippen molar-refractivity contribution in [1.82, 2.24) is 0 Å². The SMILES string of the molecule is CCCCCCCCCCCCC(CC(=O)O)C(=O)OO. The summed E-state index contributed by atoms with van der Waals surface area (Å²) in [7, 11) is 0. The minimum Gasteiger partial charge on any atom is -0.481 e. The van der Waals surface area contributed by atoms with Gasteiger partial charge in [0.25, 0.3) is 0 Å². The van der Waals surface area contributed by atoms with E-state index in [2.05, 4.69) is 11.8 Å². The van der Waals surface area contributed by atoms with E-state index < -0.39 is 17.9 Å². The predicted molar refractivity (Wildman–Crippen MR) is 80.9 cm³/mol. The highest BCUT2D eigenvalue weighted by Gasteiger charge is 2.22. The zero-order chi connectivity index (χ0) is 15.9. The van der Waals surface area contributed by atoms with Gasteiger partial charge < -0.3 is 9.99 Å². The molecule has 0 bridgehead atoms. The van der Waals surface area contributed by atoms with Gasteiger partial charge >= 0.3 is 11.9 Å². The standard InChI is InChI=1S/C16H30O5/c1-2-3-4-5-6-7-8-9-10-11-12-14(13-15(17)18)16(19)21-20/h14,20H,2-13H2,1H3,(H,17,18). The fraction of sp³-hybridized carbons (Fsp3) is 0.875. The Hall–Kier alpha value is -1.10. The highest BCUT2D eigenvalue weighted by molar-refractivity contribution is 5.78. The first-order valence-electron chi connectivity index (χ1n) is 8.18. The second kappa shape index (κ2) is 13.9. The first-order valence-corrected chi connectivity index (χ1v) is 8.18. The lowest BCUT2D eigenvalue weighted by molar-refractivity contribution is -0.239. The molecular formula is C16H30O5. The van der Waals surface area contributed by atoms with Crippen LogP contribution in [0.2, 0.25) is 0 Å². The van der Waals surface area contributed by atoms with Gasteiger partial charge in [-0.2, -0.15) is 5.26 Å². The molecule has 0 fully saturated rings. The van der Waals surface area contributed by atoms with E-state index in [1.54, 1.807) is 0 Å². The van der Waals surface area contributed by atoms with Crippen LogP contribution in [0.5, 0.6) is 0 Å². The Kier molecular flexibility index (Phi) is 13.1. The molecule has 0 saturated carbocycles. The minimum atomic E-state index is -1.04. The Labute approximate surface area is 127 Å². The predicted octanol–water partition coefficient (Wildman–Crippen LogP) is 4.40. The quantitative estimate of drug-likeness (QED) is 0.282. The topological polar surface area (TPSA) is 83.8 Å². The van der Waals surface area contributed by atoms with E-state index in [0.717, 1.165) is 19.3 Å². The molecule has 0 aliphatic heterocycles. The molecule has 0 heterocycles. The summed E-state index contributed by atoms with van der Waals surface area (Å²) in [6.45, 7) is 2.21. The van der Waals surface area contributed by atoms with Gasteiger partial charge in [0.15, 0.2) is 0 Å². The molecule has 0 amide bonds. The molecule has 1 atom stereocenters. The van der Waals surface area contributed by atoms with Crippen molar-refractivity contribution in [3.8, 4) is 0 Å². The summed E-state index contributed by atoms with van der Waals surface area (Å²) in [5.74, 6) is -2.62. The van der Waals surface area contributed by atoms with Gasteiger partial charge in [0.1, 0.15) is 0 Å². The lowest BCUT2D eigenvalue weighted by Crippen LogP contribution is -2.19. The molecule has 0 aliphatic carbocycles. The van der Waals surface area contributed by atoms with Crippen molar-refractivity contribution in [3.05, 3.63) is 0 Å². The number of carbonyl (C=O) groups is 2. The van der Waals surface area contributed by atoms with Gasteiger partial charge in [-0.1, -0.05) is 71.1 Å². The van der Waals surface area contributed by atoms with Gasteiger partial charge in [0, 0.05) is 0 Å². The minimum absolute atomic E-state index is 0.281. The molecular weight excluding hydrogens is 272 g/mol. The molecule has 5 heteroatoms. The molecule has 1 unspecified atom stereocenters. The fourth-order valence-corrected chi connectivity index (χ4v) is 2.47. The highest BCUT2D eigenvalue weighted by Crippen LogP contribution is 2.17. The third kappa shape index (κ3) is 12.4. The second-order valence-corrected chi connectivity index (χ2v) is 5.68. The third-order valence-corrected chi connectivity index (χ3v) is 3.75. The van der Waals surface area contributed by atoms with Crippen LogP contribution in [0.4, 0.5) is 0 Å². The molecule has 0 radical (unpaired) electrons. The summed E-state index contributed by atoms with van der Waals surface area (Å²) >= 11 is 0. The van der Waals surface area contributed by atoms with Crippen molar-refractivity contribution in [2.24, 2.45) is 5.92 Å². The van der Waals surface area contributed by atoms with E-state index >= 15 is 0 Å². The summed E-state index contributed by atoms with van der Waals surface area (Å²) in [5, 5.41) is 17.0. The number of carbonyl (C=O) groups excluding carboxylic acids is 1. The zero-order valence-corrected chi connectivity index (χ0v) is 13.2. The Morgan fingerprint density at radius 2 is 1.38 bits per heavy atom. The summed E-state index contributed by atoms with van der Waals surface area (Å²) in [6, 6.07) is 0. The lowest BCUT2D eigenvalue weighted by atomic mass is 9.97. The van der Waals surface area contributed by atoms with Crippen molar-refractivity contribution >= 4 is 11.9 Å². The second-order valence-electron chi connectivity index (χ2n) is 5.68. The highest BCUT2D eigenvalue weighted by atomic mass is 17.1. The Morgan fingerprint density at radius 3 is 1.81 bits per heavy atom. The monoisotopic (exact) mass is 302 g/mol.